The Labute approximate surface area is 139 Å². The van der Waals surface area contributed by atoms with E-state index < -0.39 is 0 Å². The van der Waals surface area contributed by atoms with Crippen LogP contribution >= 0.6 is 12.4 Å². The van der Waals surface area contributed by atoms with Gasteiger partial charge in [0.15, 0.2) is 0 Å². The zero-order valence-electron chi connectivity index (χ0n) is 13.4. The van der Waals surface area contributed by atoms with E-state index in [1.165, 1.54) is 0 Å². The van der Waals surface area contributed by atoms with Crippen LogP contribution in [0, 0.1) is 0 Å². The first-order valence-electron chi connectivity index (χ1n) is 7.59. The van der Waals surface area contributed by atoms with Crippen LogP contribution < -0.4 is 15.8 Å². The van der Waals surface area contributed by atoms with Gasteiger partial charge in [-0.05, 0) is 37.6 Å². The van der Waals surface area contributed by atoms with Gasteiger partial charge in [-0.15, -0.1) is 12.4 Å². The molecule has 0 spiro atoms. The number of esters is 1. The highest BCUT2D eigenvalue weighted by molar-refractivity contribution is 5.91. The lowest BCUT2D eigenvalue weighted by atomic mass is 10.2. The normalized spacial score (nSPS) is 9.91. The lowest BCUT2D eigenvalue weighted by Gasteiger charge is -2.10. The summed E-state index contributed by atoms with van der Waals surface area (Å²) < 4.78 is 10.7. The van der Waals surface area contributed by atoms with Crippen LogP contribution in [0.2, 0.25) is 0 Å². The Morgan fingerprint density at radius 3 is 2.59 bits per heavy atom. The number of nitrogen functional groups attached to an aromatic ring is 1. The molecule has 0 unspecified atom stereocenters. The van der Waals surface area contributed by atoms with Gasteiger partial charge in [0.1, 0.15) is 12.4 Å². The smallest absolute Gasteiger partial charge is 0.338 e. The first kappa shape index (κ1) is 20.5. The molecule has 0 aromatic heterocycles. The largest absolute Gasteiger partial charge is 0.491 e. The van der Waals surface area contributed by atoms with Gasteiger partial charge >= 0.3 is 5.97 Å². The summed E-state index contributed by atoms with van der Waals surface area (Å²) >= 11 is 0. The van der Waals surface area contributed by atoms with Crippen LogP contribution in [-0.2, 0) is 4.74 Å². The SMILES string of the molecule is CCCCOc1ccc(C(=O)OCCNCCC)cc1N.Cl. The summed E-state index contributed by atoms with van der Waals surface area (Å²) in [6, 6.07) is 5.00. The molecule has 0 saturated heterocycles. The molecule has 0 radical (unpaired) electrons. The Morgan fingerprint density at radius 1 is 1.18 bits per heavy atom. The third-order valence-corrected chi connectivity index (χ3v) is 2.94. The number of halogens is 1. The molecule has 126 valence electrons. The van der Waals surface area contributed by atoms with Gasteiger partial charge in [0, 0.05) is 6.54 Å². The average Bonchev–Trinajstić information content (AvgIpc) is 2.48. The van der Waals surface area contributed by atoms with E-state index in [4.69, 9.17) is 15.2 Å². The van der Waals surface area contributed by atoms with Crippen LogP contribution in [0.15, 0.2) is 18.2 Å². The molecule has 0 aliphatic carbocycles. The standard InChI is InChI=1S/C16H26N2O3.ClH/c1-3-5-10-20-15-7-6-13(12-14(15)17)16(19)21-11-9-18-8-4-2;/h6-7,12,18H,3-5,8-11,17H2,1-2H3;1H. The zero-order valence-corrected chi connectivity index (χ0v) is 14.2. The highest BCUT2D eigenvalue weighted by Crippen LogP contribution is 2.23. The highest BCUT2D eigenvalue weighted by Gasteiger charge is 2.10. The van der Waals surface area contributed by atoms with Crippen molar-refractivity contribution in [2.24, 2.45) is 0 Å². The van der Waals surface area contributed by atoms with Gasteiger partial charge in [0.2, 0.25) is 0 Å². The Balaban J connectivity index is 0.00000441. The molecular formula is C16H27ClN2O3. The first-order valence-corrected chi connectivity index (χ1v) is 7.59. The van der Waals surface area contributed by atoms with Crippen LogP contribution in [-0.4, -0.2) is 32.3 Å². The number of nitrogens with one attached hydrogen (secondary N) is 1. The van der Waals surface area contributed by atoms with Crippen LogP contribution in [0.5, 0.6) is 5.75 Å². The van der Waals surface area contributed by atoms with Gasteiger partial charge in [-0.2, -0.15) is 0 Å². The Morgan fingerprint density at radius 2 is 1.95 bits per heavy atom. The third kappa shape index (κ3) is 7.52. The van der Waals surface area contributed by atoms with Gasteiger partial charge in [-0.25, -0.2) is 4.79 Å². The molecule has 22 heavy (non-hydrogen) atoms. The summed E-state index contributed by atoms with van der Waals surface area (Å²) in [5.41, 5.74) is 6.80. The fourth-order valence-electron chi connectivity index (χ4n) is 1.73. The predicted octanol–water partition coefficient (Wildman–Crippen LogP) is 3.03. The number of hydrogen-bond acceptors (Lipinski definition) is 5. The zero-order chi connectivity index (χ0) is 15.5. The molecule has 5 nitrogen and oxygen atoms in total. The van der Waals surface area contributed by atoms with E-state index in [9.17, 15) is 4.79 Å². The lowest BCUT2D eigenvalue weighted by molar-refractivity contribution is 0.0509. The van der Waals surface area contributed by atoms with Crippen LogP contribution in [0.4, 0.5) is 5.69 Å². The van der Waals surface area contributed by atoms with Crippen LogP contribution in [0.25, 0.3) is 0 Å². The summed E-state index contributed by atoms with van der Waals surface area (Å²) in [4.78, 5) is 11.9. The number of rotatable bonds is 10. The minimum atomic E-state index is -0.361. The number of unbranched alkanes of at least 4 members (excludes halogenated alkanes) is 1. The summed E-state index contributed by atoms with van der Waals surface area (Å²) in [6.07, 6.45) is 3.11. The highest BCUT2D eigenvalue weighted by atomic mass is 35.5. The molecule has 0 aliphatic heterocycles. The topological polar surface area (TPSA) is 73.6 Å². The summed E-state index contributed by atoms with van der Waals surface area (Å²) in [7, 11) is 0. The third-order valence-electron chi connectivity index (χ3n) is 2.94. The molecule has 0 aliphatic rings. The fraction of sp³-hybridized carbons (Fsp3) is 0.562. The molecule has 6 heteroatoms. The minimum absolute atomic E-state index is 0. The molecule has 0 amide bonds. The molecule has 1 rings (SSSR count). The second-order valence-electron chi connectivity index (χ2n) is 4.84. The molecular weight excluding hydrogens is 304 g/mol. The van der Waals surface area contributed by atoms with E-state index in [-0.39, 0.29) is 18.4 Å². The van der Waals surface area contributed by atoms with Gasteiger partial charge in [-0.3, -0.25) is 0 Å². The van der Waals surface area contributed by atoms with Gasteiger partial charge in [0.05, 0.1) is 17.9 Å². The summed E-state index contributed by atoms with van der Waals surface area (Å²) in [5, 5.41) is 3.17. The van der Waals surface area contributed by atoms with E-state index in [0.29, 0.717) is 36.8 Å². The maximum absolute atomic E-state index is 11.9. The minimum Gasteiger partial charge on any atom is -0.491 e. The van der Waals surface area contributed by atoms with E-state index in [1.807, 2.05) is 0 Å². The number of carbonyl (C=O) groups excluding carboxylic acids is 1. The van der Waals surface area contributed by atoms with Gasteiger partial charge in [0.25, 0.3) is 0 Å². The number of nitrogens with two attached hydrogens (primary N) is 1. The fourth-order valence-corrected chi connectivity index (χ4v) is 1.73. The molecule has 1 aromatic rings. The molecule has 3 N–H and O–H groups in total. The van der Waals surface area contributed by atoms with Crippen molar-refractivity contribution in [3.8, 4) is 5.75 Å². The molecule has 0 saturated carbocycles. The average molecular weight is 331 g/mol. The summed E-state index contributed by atoms with van der Waals surface area (Å²) in [5.74, 6) is 0.254. The van der Waals surface area contributed by atoms with Gasteiger partial charge in [-0.1, -0.05) is 20.3 Å². The molecule has 0 atom stereocenters. The number of benzene rings is 1. The van der Waals surface area contributed by atoms with Crippen molar-refractivity contribution in [1.29, 1.82) is 0 Å². The Hall–Kier alpha value is -1.46. The summed E-state index contributed by atoms with van der Waals surface area (Å²) in [6.45, 7) is 6.76. The van der Waals surface area contributed by atoms with Crippen molar-refractivity contribution >= 4 is 24.1 Å². The lowest BCUT2D eigenvalue weighted by Crippen LogP contribution is -2.22. The number of carbonyl (C=O) groups is 1. The van der Waals surface area contributed by atoms with Crippen LogP contribution in [0.3, 0.4) is 0 Å². The second kappa shape index (κ2) is 12.1. The van der Waals surface area contributed by atoms with Crippen molar-refractivity contribution in [3.05, 3.63) is 23.8 Å². The number of ether oxygens (including phenoxy) is 2. The van der Waals surface area contributed by atoms with E-state index in [1.54, 1.807) is 18.2 Å². The Bertz CT molecular complexity index is 441. The molecule has 0 heterocycles. The maximum Gasteiger partial charge on any atom is 0.338 e. The predicted molar refractivity (Wildman–Crippen MR) is 91.9 cm³/mol. The van der Waals surface area contributed by atoms with Crippen molar-refractivity contribution in [3.63, 3.8) is 0 Å². The van der Waals surface area contributed by atoms with Crippen molar-refractivity contribution in [2.45, 2.75) is 33.1 Å². The molecule has 0 bridgehead atoms. The monoisotopic (exact) mass is 330 g/mol. The van der Waals surface area contributed by atoms with Crippen molar-refractivity contribution < 1.29 is 14.3 Å². The van der Waals surface area contributed by atoms with E-state index in [2.05, 4.69) is 19.2 Å². The quantitative estimate of drug-likeness (QED) is 0.392. The van der Waals surface area contributed by atoms with E-state index >= 15 is 0 Å². The van der Waals surface area contributed by atoms with Crippen LogP contribution in [0.1, 0.15) is 43.5 Å². The Kier molecular flexibility index (Phi) is 11.3. The van der Waals surface area contributed by atoms with Crippen molar-refractivity contribution in [2.75, 3.05) is 32.0 Å². The maximum atomic E-state index is 11.9. The first-order chi connectivity index (χ1) is 10.2. The number of hydrogen-bond donors (Lipinski definition) is 2. The van der Waals surface area contributed by atoms with Gasteiger partial charge < -0.3 is 20.5 Å². The van der Waals surface area contributed by atoms with Crippen molar-refractivity contribution in [1.82, 2.24) is 5.32 Å². The molecule has 1 aromatic carbocycles. The molecule has 0 fully saturated rings. The number of anilines is 1. The van der Waals surface area contributed by atoms with E-state index in [0.717, 1.165) is 25.8 Å². The second-order valence-corrected chi connectivity index (χ2v) is 4.84.